The second-order valence-electron chi connectivity index (χ2n) is 2.99. The summed E-state index contributed by atoms with van der Waals surface area (Å²) in [5, 5.41) is 10.9. The predicted octanol–water partition coefficient (Wildman–Crippen LogP) is 0.0852. The molecule has 0 heterocycles. The van der Waals surface area contributed by atoms with E-state index in [-0.39, 0.29) is 5.91 Å². The minimum Gasteiger partial charge on any atom is -0.478 e. The van der Waals surface area contributed by atoms with Crippen LogP contribution in [0.3, 0.4) is 0 Å². The molecule has 15 heavy (non-hydrogen) atoms. The lowest BCUT2D eigenvalue weighted by molar-refractivity contribution is -0.131. The summed E-state index contributed by atoms with van der Waals surface area (Å²) in [6.45, 7) is 7.30. The molecule has 0 unspecified atom stereocenters. The molecular formula is C10H18N2O3. The number of carboxylic acids is 1. The summed E-state index contributed by atoms with van der Waals surface area (Å²) in [5.41, 5.74) is 0. The van der Waals surface area contributed by atoms with Gasteiger partial charge in [-0.3, -0.25) is 4.79 Å². The molecule has 0 atom stereocenters. The number of carboxylic acid groups (broad SMARTS) is 1. The van der Waals surface area contributed by atoms with Gasteiger partial charge in [-0.1, -0.05) is 13.8 Å². The zero-order valence-electron chi connectivity index (χ0n) is 9.19. The molecule has 0 rings (SSSR count). The number of nitrogens with one attached hydrogen (secondary N) is 1. The van der Waals surface area contributed by atoms with E-state index in [0.717, 1.165) is 31.8 Å². The average molecular weight is 214 g/mol. The normalized spacial score (nSPS) is 10.9. The van der Waals surface area contributed by atoms with Gasteiger partial charge in [-0.05, 0) is 13.1 Å². The highest BCUT2D eigenvalue weighted by atomic mass is 16.4. The fraction of sp³-hybridized carbons (Fsp3) is 0.600. The fourth-order valence-corrected chi connectivity index (χ4v) is 1.08. The number of nitrogens with zero attached hydrogens (tertiary/aromatic N) is 1. The number of amides is 1. The van der Waals surface area contributed by atoms with Crippen LogP contribution in [0.5, 0.6) is 0 Å². The van der Waals surface area contributed by atoms with E-state index in [1.807, 2.05) is 0 Å². The maximum Gasteiger partial charge on any atom is 0.328 e. The Bertz CT molecular complexity index is 235. The van der Waals surface area contributed by atoms with Gasteiger partial charge < -0.3 is 15.3 Å². The molecule has 0 aromatic heterocycles. The van der Waals surface area contributed by atoms with Crippen LogP contribution in [0.25, 0.3) is 0 Å². The van der Waals surface area contributed by atoms with Crippen molar-refractivity contribution < 1.29 is 14.7 Å². The topological polar surface area (TPSA) is 69.6 Å². The summed E-state index contributed by atoms with van der Waals surface area (Å²) in [6, 6.07) is 0. The van der Waals surface area contributed by atoms with Crippen molar-refractivity contribution in [1.29, 1.82) is 0 Å². The second kappa shape index (κ2) is 7.99. The van der Waals surface area contributed by atoms with Crippen molar-refractivity contribution in [2.24, 2.45) is 0 Å². The van der Waals surface area contributed by atoms with Gasteiger partial charge in [0.1, 0.15) is 0 Å². The summed E-state index contributed by atoms with van der Waals surface area (Å²) in [6.07, 6.45) is 1.84. The van der Waals surface area contributed by atoms with E-state index >= 15 is 0 Å². The predicted molar refractivity (Wildman–Crippen MR) is 57.6 cm³/mol. The van der Waals surface area contributed by atoms with Crippen molar-refractivity contribution in [2.75, 3.05) is 26.2 Å². The molecule has 0 spiro atoms. The Balaban J connectivity index is 3.67. The van der Waals surface area contributed by atoms with Crippen LogP contribution < -0.4 is 5.32 Å². The molecule has 0 radical (unpaired) electrons. The van der Waals surface area contributed by atoms with Crippen LogP contribution in [0.1, 0.15) is 13.8 Å². The molecule has 0 aliphatic rings. The number of carbonyl (C=O) groups is 2. The molecule has 0 saturated heterocycles. The lowest BCUT2D eigenvalue weighted by Crippen LogP contribution is -2.34. The van der Waals surface area contributed by atoms with Gasteiger partial charge in [0.15, 0.2) is 0 Å². The van der Waals surface area contributed by atoms with Gasteiger partial charge in [0.25, 0.3) is 0 Å². The van der Waals surface area contributed by atoms with E-state index < -0.39 is 5.97 Å². The molecule has 0 bridgehead atoms. The van der Waals surface area contributed by atoms with E-state index in [4.69, 9.17) is 5.11 Å². The quantitative estimate of drug-likeness (QED) is 0.589. The number of carbonyl (C=O) groups excluding carboxylic acids is 1. The molecule has 86 valence electrons. The van der Waals surface area contributed by atoms with Gasteiger partial charge in [0, 0.05) is 25.2 Å². The number of hydrogen-bond acceptors (Lipinski definition) is 3. The molecule has 0 saturated carbocycles. The van der Waals surface area contributed by atoms with E-state index in [2.05, 4.69) is 24.1 Å². The number of likely N-dealkylation sites (N-methyl/N-ethyl adjacent to an activating group) is 1. The summed E-state index contributed by atoms with van der Waals surface area (Å²) in [4.78, 5) is 23.3. The van der Waals surface area contributed by atoms with Crippen LogP contribution in [0.4, 0.5) is 0 Å². The third-order valence-electron chi connectivity index (χ3n) is 2.00. The van der Waals surface area contributed by atoms with E-state index in [1.165, 1.54) is 0 Å². The lowest BCUT2D eigenvalue weighted by atomic mass is 10.4. The third-order valence-corrected chi connectivity index (χ3v) is 2.00. The van der Waals surface area contributed by atoms with Crippen molar-refractivity contribution in [1.82, 2.24) is 10.2 Å². The van der Waals surface area contributed by atoms with Gasteiger partial charge >= 0.3 is 5.97 Å². The summed E-state index contributed by atoms with van der Waals surface area (Å²) >= 11 is 0. The molecule has 5 nitrogen and oxygen atoms in total. The summed E-state index contributed by atoms with van der Waals surface area (Å²) in [5.74, 6) is -1.49. The maximum atomic E-state index is 11.0. The van der Waals surface area contributed by atoms with Crippen LogP contribution in [0.15, 0.2) is 12.2 Å². The van der Waals surface area contributed by atoms with Gasteiger partial charge in [0.05, 0.1) is 0 Å². The molecule has 0 aromatic carbocycles. The summed E-state index contributed by atoms with van der Waals surface area (Å²) in [7, 11) is 0. The molecule has 2 N–H and O–H groups in total. The SMILES string of the molecule is CCN(CC)CCNC(=O)/C=C/C(=O)O. The standard InChI is InChI=1S/C10H18N2O3/c1-3-12(4-2)8-7-11-9(13)5-6-10(14)15/h5-6H,3-4,7-8H2,1-2H3,(H,11,13)(H,14,15)/b6-5+. The van der Waals surface area contributed by atoms with Gasteiger partial charge in [-0.25, -0.2) is 4.79 Å². The molecule has 0 fully saturated rings. The van der Waals surface area contributed by atoms with Crippen LogP contribution in [-0.2, 0) is 9.59 Å². The Kier molecular flexibility index (Phi) is 7.27. The zero-order valence-corrected chi connectivity index (χ0v) is 9.19. The Hall–Kier alpha value is -1.36. The Morgan fingerprint density at radius 1 is 1.27 bits per heavy atom. The minimum absolute atomic E-state index is 0.371. The van der Waals surface area contributed by atoms with Crippen molar-refractivity contribution in [3.63, 3.8) is 0 Å². The second-order valence-corrected chi connectivity index (χ2v) is 2.99. The summed E-state index contributed by atoms with van der Waals surface area (Å²) < 4.78 is 0. The van der Waals surface area contributed by atoms with Crippen molar-refractivity contribution >= 4 is 11.9 Å². The molecule has 0 aliphatic carbocycles. The minimum atomic E-state index is -1.12. The maximum absolute atomic E-state index is 11.0. The largest absolute Gasteiger partial charge is 0.478 e. The number of hydrogen-bond donors (Lipinski definition) is 2. The van der Waals surface area contributed by atoms with Gasteiger partial charge in [-0.15, -0.1) is 0 Å². The van der Waals surface area contributed by atoms with Crippen LogP contribution in [-0.4, -0.2) is 48.1 Å². The lowest BCUT2D eigenvalue weighted by Gasteiger charge is -2.17. The van der Waals surface area contributed by atoms with Crippen LogP contribution in [0.2, 0.25) is 0 Å². The smallest absolute Gasteiger partial charge is 0.328 e. The third kappa shape index (κ3) is 7.69. The highest BCUT2D eigenvalue weighted by Crippen LogP contribution is 1.84. The molecule has 0 aliphatic heterocycles. The Labute approximate surface area is 89.8 Å². The highest BCUT2D eigenvalue weighted by molar-refractivity contribution is 5.93. The first-order valence-electron chi connectivity index (χ1n) is 5.01. The van der Waals surface area contributed by atoms with Gasteiger partial charge in [-0.2, -0.15) is 0 Å². The van der Waals surface area contributed by atoms with Crippen molar-refractivity contribution in [2.45, 2.75) is 13.8 Å². The first kappa shape index (κ1) is 13.6. The molecule has 5 heteroatoms. The zero-order chi connectivity index (χ0) is 11.7. The highest BCUT2D eigenvalue weighted by Gasteiger charge is 2.00. The molecular weight excluding hydrogens is 196 g/mol. The number of rotatable bonds is 7. The fourth-order valence-electron chi connectivity index (χ4n) is 1.08. The monoisotopic (exact) mass is 214 g/mol. The molecule has 0 aromatic rings. The van der Waals surface area contributed by atoms with E-state index in [0.29, 0.717) is 6.54 Å². The Morgan fingerprint density at radius 3 is 2.33 bits per heavy atom. The number of aliphatic carboxylic acids is 1. The van der Waals surface area contributed by atoms with Crippen molar-refractivity contribution in [3.8, 4) is 0 Å². The van der Waals surface area contributed by atoms with Crippen molar-refractivity contribution in [3.05, 3.63) is 12.2 Å². The van der Waals surface area contributed by atoms with Crippen LogP contribution in [0, 0.1) is 0 Å². The van der Waals surface area contributed by atoms with E-state index in [1.54, 1.807) is 0 Å². The van der Waals surface area contributed by atoms with Crippen LogP contribution >= 0.6 is 0 Å². The Morgan fingerprint density at radius 2 is 1.87 bits per heavy atom. The first-order chi connectivity index (χ1) is 7.10. The molecule has 1 amide bonds. The average Bonchev–Trinajstić information content (AvgIpc) is 2.21. The van der Waals surface area contributed by atoms with E-state index in [9.17, 15) is 9.59 Å². The first-order valence-corrected chi connectivity index (χ1v) is 5.01. The van der Waals surface area contributed by atoms with Gasteiger partial charge in [0.2, 0.25) is 5.91 Å².